The molecule has 0 heterocycles. The van der Waals surface area contributed by atoms with Gasteiger partial charge < -0.3 is 0 Å². The first-order valence-corrected chi connectivity index (χ1v) is 7.12. The number of hydrogen-bond donors (Lipinski definition) is 1. The molecule has 0 spiro atoms. The monoisotopic (exact) mass is 219 g/mol. The van der Waals surface area contributed by atoms with Gasteiger partial charge in [0.05, 0.1) is 5.25 Å². The van der Waals surface area contributed by atoms with Gasteiger partial charge in [-0.2, -0.15) is 0 Å². The van der Waals surface area contributed by atoms with E-state index >= 15 is 0 Å². The summed E-state index contributed by atoms with van der Waals surface area (Å²) in [5.41, 5.74) is 0. The van der Waals surface area contributed by atoms with Crippen molar-refractivity contribution in [2.75, 3.05) is 0 Å². The molecule has 1 rings (SSSR count). The zero-order valence-electron chi connectivity index (χ0n) is 9.12. The lowest BCUT2D eigenvalue weighted by molar-refractivity contribution is 0.410. The van der Waals surface area contributed by atoms with E-state index in [1.165, 1.54) is 6.42 Å². The third kappa shape index (κ3) is 3.24. The van der Waals surface area contributed by atoms with Gasteiger partial charge in [-0.15, -0.1) is 0 Å². The molecule has 1 unspecified atom stereocenters. The fraction of sp³-hybridized carbons (Fsp3) is 1.00. The van der Waals surface area contributed by atoms with E-state index in [1.807, 2.05) is 6.92 Å². The van der Waals surface area contributed by atoms with Crippen molar-refractivity contribution in [2.24, 2.45) is 0 Å². The molecule has 1 atom stereocenters. The lowest BCUT2D eigenvalue weighted by Gasteiger charge is -2.24. The minimum Gasteiger partial charge on any atom is -0.212 e. The highest BCUT2D eigenvalue weighted by molar-refractivity contribution is 7.90. The first kappa shape index (κ1) is 12.0. The molecule has 0 aromatic carbocycles. The summed E-state index contributed by atoms with van der Waals surface area (Å²) in [6.07, 6.45) is 6.27. The average Bonchev–Trinajstić information content (AvgIpc) is 2.17. The van der Waals surface area contributed by atoms with Gasteiger partial charge in [0.1, 0.15) is 0 Å². The van der Waals surface area contributed by atoms with Crippen LogP contribution in [0.2, 0.25) is 0 Å². The summed E-state index contributed by atoms with van der Waals surface area (Å²) in [7, 11) is -3.06. The van der Waals surface area contributed by atoms with Gasteiger partial charge in [0, 0.05) is 6.04 Å². The molecule has 84 valence electrons. The number of sulfonamides is 1. The molecule has 1 aliphatic rings. The first-order chi connectivity index (χ1) is 6.56. The van der Waals surface area contributed by atoms with Gasteiger partial charge in [0.2, 0.25) is 10.0 Å². The number of rotatable bonds is 4. The summed E-state index contributed by atoms with van der Waals surface area (Å²) in [4.78, 5) is 0. The lowest BCUT2D eigenvalue weighted by atomic mass is 9.96. The smallest absolute Gasteiger partial charge is 0.212 e. The largest absolute Gasteiger partial charge is 0.214 e. The van der Waals surface area contributed by atoms with Crippen LogP contribution in [0.15, 0.2) is 0 Å². The van der Waals surface area contributed by atoms with Crippen LogP contribution in [0.25, 0.3) is 0 Å². The van der Waals surface area contributed by atoms with Crippen LogP contribution in [0, 0.1) is 0 Å². The average molecular weight is 219 g/mol. The highest BCUT2D eigenvalue weighted by Gasteiger charge is 2.23. The normalized spacial score (nSPS) is 22.1. The van der Waals surface area contributed by atoms with E-state index in [1.54, 1.807) is 6.92 Å². The molecule has 0 radical (unpaired) electrons. The fourth-order valence-corrected chi connectivity index (χ4v) is 3.16. The summed E-state index contributed by atoms with van der Waals surface area (Å²) >= 11 is 0. The second-order valence-electron chi connectivity index (χ2n) is 4.22. The Hall–Kier alpha value is -0.0900. The van der Waals surface area contributed by atoms with E-state index in [4.69, 9.17) is 0 Å². The summed E-state index contributed by atoms with van der Waals surface area (Å²) < 4.78 is 26.3. The second kappa shape index (κ2) is 5.12. The Morgan fingerprint density at radius 3 is 2.36 bits per heavy atom. The van der Waals surface area contributed by atoms with E-state index in [0.717, 1.165) is 25.7 Å². The van der Waals surface area contributed by atoms with E-state index in [-0.39, 0.29) is 11.3 Å². The maximum absolute atomic E-state index is 11.7. The minimum atomic E-state index is -3.06. The summed E-state index contributed by atoms with van der Waals surface area (Å²) in [6.45, 7) is 3.68. The Balaban J connectivity index is 2.49. The SMILES string of the molecule is CCC(C)S(=O)(=O)NC1CCCCC1. The fourth-order valence-electron chi connectivity index (χ4n) is 1.79. The highest BCUT2D eigenvalue weighted by Crippen LogP contribution is 2.19. The van der Waals surface area contributed by atoms with E-state index in [2.05, 4.69) is 4.72 Å². The Labute approximate surface area is 87.3 Å². The van der Waals surface area contributed by atoms with E-state index in [9.17, 15) is 8.42 Å². The van der Waals surface area contributed by atoms with Crippen molar-refractivity contribution in [3.05, 3.63) is 0 Å². The molecule has 0 aromatic heterocycles. The molecular formula is C10H21NO2S. The Kier molecular flexibility index (Phi) is 4.38. The Morgan fingerprint density at radius 2 is 1.86 bits per heavy atom. The molecule has 1 N–H and O–H groups in total. The van der Waals surface area contributed by atoms with Crippen LogP contribution in [-0.4, -0.2) is 19.7 Å². The van der Waals surface area contributed by atoms with Crippen LogP contribution in [0.3, 0.4) is 0 Å². The molecule has 1 saturated carbocycles. The van der Waals surface area contributed by atoms with Crippen molar-refractivity contribution in [3.8, 4) is 0 Å². The van der Waals surface area contributed by atoms with Crippen molar-refractivity contribution in [1.29, 1.82) is 0 Å². The molecule has 0 aliphatic heterocycles. The van der Waals surface area contributed by atoms with Crippen molar-refractivity contribution < 1.29 is 8.42 Å². The highest BCUT2D eigenvalue weighted by atomic mass is 32.2. The van der Waals surface area contributed by atoms with E-state index < -0.39 is 10.0 Å². The predicted molar refractivity (Wildman–Crippen MR) is 58.7 cm³/mol. The van der Waals surface area contributed by atoms with Crippen molar-refractivity contribution in [1.82, 2.24) is 4.72 Å². The third-order valence-corrected chi connectivity index (χ3v) is 5.10. The Morgan fingerprint density at radius 1 is 1.29 bits per heavy atom. The molecular weight excluding hydrogens is 198 g/mol. The number of hydrogen-bond acceptors (Lipinski definition) is 2. The molecule has 0 saturated heterocycles. The standard InChI is InChI=1S/C10H21NO2S/c1-3-9(2)14(12,13)11-10-7-5-4-6-8-10/h9-11H,3-8H2,1-2H3. The van der Waals surface area contributed by atoms with Crippen molar-refractivity contribution >= 4 is 10.0 Å². The molecule has 1 aliphatic carbocycles. The van der Waals surface area contributed by atoms with Crippen LogP contribution in [0.5, 0.6) is 0 Å². The van der Waals surface area contributed by atoms with Crippen molar-refractivity contribution in [3.63, 3.8) is 0 Å². The van der Waals surface area contributed by atoms with Gasteiger partial charge in [-0.05, 0) is 26.2 Å². The van der Waals surface area contributed by atoms with Crippen LogP contribution >= 0.6 is 0 Å². The maximum Gasteiger partial charge on any atom is 0.214 e. The Bertz CT molecular complexity index is 255. The van der Waals surface area contributed by atoms with E-state index in [0.29, 0.717) is 6.42 Å². The molecule has 0 bridgehead atoms. The molecule has 1 fully saturated rings. The van der Waals surface area contributed by atoms with Gasteiger partial charge >= 0.3 is 0 Å². The number of nitrogens with one attached hydrogen (secondary N) is 1. The zero-order valence-corrected chi connectivity index (χ0v) is 9.94. The van der Waals surface area contributed by atoms with Gasteiger partial charge in [0.15, 0.2) is 0 Å². The topological polar surface area (TPSA) is 46.2 Å². The third-order valence-electron chi connectivity index (χ3n) is 3.04. The van der Waals surface area contributed by atoms with Crippen LogP contribution in [-0.2, 0) is 10.0 Å². The first-order valence-electron chi connectivity index (χ1n) is 5.57. The minimum absolute atomic E-state index is 0.197. The van der Waals surface area contributed by atoms with Crippen LogP contribution < -0.4 is 4.72 Å². The zero-order chi connectivity index (χ0) is 10.6. The summed E-state index contributed by atoms with van der Waals surface area (Å²) in [5.74, 6) is 0. The molecule has 0 aromatic rings. The van der Waals surface area contributed by atoms with Gasteiger partial charge in [-0.1, -0.05) is 26.2 Å². The van der Waals surface area contributed by atoms with Crippen molar-refractivity contribution in [2.45, 2.75) is 63.7 Å². The van der Waals surface area contributed by atoms with Crippen LogP contribution in [0.4, 0.5) is 0 Å². The summed E-state index contributed by atoms with van der Waals surface area (Å²) in [6, 6.07) is 0.197. The quantitative estimate of drug-likeness (QED) is 0.786. The van der Waals surface area contributed by atoms with Gasteiger partial charge in [-0.3, -0.25) is 0 Å². The molecule has 14 heavy (non-hydrogen) atoms. The molecule has 0 amide bonds. The van der Waals surface area contributed by atoms with Gasteiger partial charge in [0.25, 0.3) is 0 Å². The predicted octanol–water partition coefficient (Wildman–Crippen LogP) is 2.04. The maximum atomic E-state index is 11.7. The molecule has 4 heteroatoms. The summed E-state index contributed by atoms with van der Waals surface area (Å²) in [5, 5.41) is -0.260. The van der Waals surface area contributed by atoms with Crippen LogP contribution in [0.1, 0.15) is 52.4 Å². The second-order valence-corrected chi connectivity index (χ2v) is 6.35. The lowest BCUT2D eigenvalue weighted by Crippen LogP contribution is -2.40. The molecule has 3 nitrogen and oxygen atoms in total. The van der Waals surface area contributed by atoms with Gasteiger partial charge in [-0.25, -0.2) is 13.1 Å².